The van der Waals surface area contributed by atoms with E-state index in [1.54, 1.807) is 12.1 Å². The van der Waals surface area contributed by atoms with Crippen molar-refractivity contribution in [3.05, 3.63) is 59.1 Å². The van der Waals surface area contributed by atoms with Crippen molar-refractivity contribution in [1.29, 1.82) is 0 Å². The second-order valence-corrected chi connectivity index (χ2v) is 8.01. The molecule has 2 aromatic heterocycles. The number of carbonyl (C=O) groups is 1. The zero-order valence-electron chi connectivity index (χ0n) is 16.9. The van der Waals surface area contributed by atoms with Gasteiger partial charge in [0.1, 0.15) is 0 Å². The van der Waals surface area contributed by atoms with Crippen LogP contribution >= 0.6 is 23.4 Å². The number of amides is 1. The molecule has 0 aliphatic rings. The Kier molecular flexibility index (Phi) is 6.34. The van der Waals surface area contributed by atoms with E-state index in [1.807, 2.05) is 54.8 Å². The Morgan fingerprint density at radius 1 is 1.19 bits per heavy atom. The third-order valence-corrected chi connectivity index (χ3v) is 5.69. The average Bonchev–Trinajstić information content (AvgIpc) is 3.41. The summed E-state index contributed by atoms with van der Waals surface area (Å²) in [4.78, 5) is 16.8. The van der Waals surface area contributed by atoms with Crippen molar-refractivity contribution < 1.29 is 9.32 Å². The molecular weight excluding hydrogens is 436 g/mol. The third-order valence-electron chi connectivity index (χ3n) is 4.41. The number of rotatable bonds is 7. The minimum Gasteiger partial charge on any atom is -0.330 e. The van der Waals surface area contributed by atoms with Crippen molar-refractivity contribution in [2.24, 2.45) is 0 Å². The zero-order chi connectivity index (χ0) is 21.8. The number of thioether (sulfide) groups is 1. The summed E-state index contributed by atoms with van der Waals surface area (Å²) in [5, 5.41) is 16.3. The van der Waals surface area contributed by atoms with Crippen LogP contribution in [-0.4, -0.2) is 36.6 Å². The second-order valence-electron chi connectivity index (χ2n) is 6.66. The van der Waals surface area contributed by atoms with Gasteiger partial charge in [-0.15, -0.1) is 10.2 Å². The van der Waals surface area contributed by atoms with Gasteiger partial charge in [0, 0.05) is 12.1 Å². The number of aryl methyl sites for hydroxylation is 1. The number of aromatic nitrogens is 5. The van der Waals surface area contributed by atoms with Gasteiger partial charge in [0.15, 0.2) is 5.16 Å². The maximum atomic E-state index is 12.4. The SMILES string of the molecule is CCn1c(SCC(=O)Nc2ccc(C)cc2Cl)nnc1-c1nc(-c2ccccc2)no1. The van der Waals surface area contributed by atoms with Gasteiger partial charge in [0.25, 0.3) is 5.89 Å². The lowest BCUT2D eigenvalue weighted by Gasteiger charge is -2.08. The van der Waals surface area contributed by atoms with E-state index in [0.29, 0.717) is 34.1 Å². The first-order valence-corrected chi connectivity index (χ1v) is 10.9. The lowest BCUT2D eigenvalue weighted by molar-refractivity contribution is -0.113. The van der Waals surface area contributed by atoms with E-state index in [9.17, 15) is 4.79 Å². The number of nitrogens with one attached hydrogen (secondary N) is 1. The van der Waals surface area contributed by atoms with E-state index in [2.05, 4.69) is 25.7 Å². The first kappa shape index (κ1) is 21.1. The molecule has 0 saturated heterocycles. The highest BCUT2D eigenvalue weighted by Crippen LogP contribution is 2.26. The standard InChI is InChI=1S/C21H19ClN6O2S/c1-3-28-19(20-24-18(27-30-20)14-7-5-4-6-8-14)25-26-21(28)31-12-17(29)23-16-10-9-13(2)11-15(16)22/h4-11H,3,12H2,1-2H3,(H,23,29). The predicted molar refractivity (Wildman–Crippen MR) is 120 cm³/mol. The molecule has 0 bridgehead atoms. The van der Waals surface area contributed by atoms with Gasteiger partial charge in [-0.2, -0.15) is 4.98 Å². The number of hydrogen-bond acceptors (Lipinski definition) is 7. The summed E-state index contributed by atoms with van der Waals surface area (Å²) in [5.41, 5.74) is 2.45. The number of anilines is 1. The van der Waals surface area contributed by atoms with Gasteiger partial charge in [-0.3, -0.25) is 9.36 Å². The van der Waals surface area contributed by atoms with Crippen LogP contribution < -0.4 is 5.32 Å². The average molecular weight is 455 g/mol. The van der Waals surface area contributed by atoms with E-state index < -0.39 is 0 Å². The second kappa shape index (κ2) is 9.32. The first-order chi connectivity index (χ1) is 15.0. The Labute approximate surface area is 188 Å². The zero-order valence-corrected chi connectivity index (χ0v) is 18.4. The number of carbonyl (C=O) groups excluding carboxylic acids is 1. The van der Waals surface area contributed by atoms with Gasteiger partial charge in [-0.1, -0.05) is 64.9 Å². The Balaban J connectivity index is 1.46. The maximum Gasteiger partial charge on any atom is 0.296 e. The maximum absolute atomic E-state index is 12.4. The van der Waals surface area contributed by atoms with Crippen molar-refractivity contribution in [2.75, 3.05) is 11.1 Å². The number of halogens is 1. The fourth-order valence-electron chi connectivity index (χ4n) is 2.90. The van der Waals surface area contributed by atoms with Crippen LogP contribution in [0.1, 0.15) is 12.5 Å². The Bertz CT molecular complexity index is 1210. The van der Waals surface area contributed by atoms with Gasteiger partial charge in [0.2, 0.25) is 17.6 Å². The molecule has 0 saturated carbocycles. The molecule has 2 heterocycles. The van der Waals surface area contributed by atoms with Crippen LogP contribution in [0.2, 0.25) is 5.02 Å². The van der Waals surface area contributed by atoms with Crippen LogP contribution in [0.25, 0.3) is 23.1 Å². The van der Waals surface area contributed by atoms with Crippen LogP contribution in [0.15, 0.2) is 58.2 Å². The summed E-state index contributed by atoms with van der Waals surface area (Å²) in [6, 6.07) is 15.0. The van der Waals surface area contributed by atoms with E-state index in [-0.39, 0.29) is 17.6 Å². The van der Waals surface area contributed by atoms with Crippen LogP contribution in [0.4, 0.5) is 5.69 Å². The molecule has 8 nitrogen and oxygen atoms in total. The van der Waals surface area contributed by atoms with E-state index >= 15 is 0 Å². The Morgan fingerprint density at radius 3 is 2.74 bits per heavy atom. The molecule has 1 amide bonds. The van der Waals surface area contributed by atoms with Crippen molar-refractivity contribution >= 4 is 35.0 Å². The van der Waals surface area contributed by atoms with Crippen LogP contribution in [-0.2, 0) is 11.3 Å². The summed E-state index contributed by atoms with van der Waals surface area (Å²) in [7, 11) is 0. The summed E-state index contributed by atoms with van der Waals surface area (Å²) >= 11 is 7.46. The van der Waals surface area contributed by atoms with E-state index in [0.717, 1.165) is 11.1 Å². The van der Waals surface area contributed by atoms with Gasteiger partial charge >= 0.3 is 0 Å². The lowest BCUT2D eigenvalue weighted by Crippen LogP contribution is -2.15. The molecule has 0 spiro atoms. The molecule has 0 radical (unpaired) electrons. The summed E-state index contributed by atoms with van der Waals surface area (Å²) in [5.74, 6) is 1.18. The minimum atomic E-state index is -0.188. The fraction of sp³-hybridized carbons (Fsp3) is 0.190. The molecule has 0 unspecified atom stereocenters. The molecule has 158 valence electrons. The molecule has 4 aromatic rings. The first-order valence-electron chi connectivity index (χ1n) is 9.56. The highest BCUT2D eigenvalue weighted by Gasteiger charge is 2.20. The van der Waals surface area contributed by atoms with Crippen LogP contribution in [0.5, 0.6) is 0 Å². The third kappa shape index (κ3) is 4.78. The van der Waals surface area contributed by atoms with Crippen LogP contribution in [0.3, 0.4) is 0 Å². The van der Waals surface area contributed by atoms with Gasteiger partial charge in [0.05, 0.1) is 16.5 Å². The number of benzene rings is 2. The fourth-order valence-corrected chi connectivity index (χ4v) is 3.98. The highest BCUT2D eigenvalue weighted by molar-refractivity contribution is 7.99. The monoisotopic (exact) mass is 454 g/mol. The quantitative estimate of drug-likeness (QED) is 0.404. The van der Waals surface area contributed by atoms with Crippen molar-refractivity contribution in [3.63, 3.8) is 0 Å². The van der Waals surface area contributed by atoms with Gasteiger partial charge in [-0.25, -0.2) is 0 Å². The summed E-state index contributed by atoms with van der Waals surface area (Å²) < 4.78 is 7.23. The Morgan fingerprint density at radius 2 is 2.00 bits per heavy atom. The summed E-state index contributed by atoms with van der Waals surface area (Å²) in [6.45, 7) is 4.48. The van der Waals surface area contributed by atoms with Crippen molar-refractivity contribution in [2.45, 2.75) is 25.5 Å². The molecule has 0 atom stereocenters. The molecule has 0 aliphatic carbocycles. The molecule has 2 aromatic carbocycles. The normalized spacial score (nSPS) is 10.9. The van der Waals surface area contributed by atoms with Crippen molar-refractivity contribution in [1.82, 2.24) is 24.9 Å². The lowest BCUT2D eigenvalue weighted by atomic mass is 10.2. The summed E-state index contributed by atoms with van der Waals surface area (Å²) in [6.07, 6.45) is 0. The van der Waals surface area contributed by atoms with Crippen molar-refractivity contribution in [3.8, 4) is 23.1 Å². The molecule has 31 heavy (non-hydrogen) atoms. The highest BCUT2D eigenvalue weighted by atomic mass is 35.5. The molecular formula is C21H19ClN6O2S. The predicted octanol–water partition coefficient (Wildman–Crippen LogP) is 4.71. The van der Waals surface area contributed by atoms with Gasteiger partial charge < -0.3 is 9.84 Å². The molecule has 4 rings (SSSR count). The Hall–Kier alpha value is -3.17. The molecule has 0 fully saturated rings. The number of hydrogen-bond donors (Lipinski definition) is 1. The van der Waals surface area contributed by atoms with E-state index in [1.165, 1.54) is 11.8 Å². The smallest absolute Gasteiger partial charge is 0.296 e. The molecule has 0 aliphatic heterocycles. The number of nitrogens with zero attached hydrogens (tertiary/aromatic N) is 5. The molecule has 10 heteroatoms. The van der Waals surface area contributed by atoms with Gasteiger partial charge in [-0.05, 0) is 31.5 Å². The molecule has 1 N–H and O–H groups in total. The largest absolute Gasteiger partial charge is 0.330 e. The van der Waals surface area contributed by atoms with E-state index in [4.69, 9.17) is 16.1 Å². The van der Waals surface area contributed by atoms with Crippen LogP contribution in [0, 0.1) is 6.92 Å². The minimum absolute atomic E-state index is 0.154. The topological polar surface area (TPSA) is 98.7 Å².